The summed E-state index contributed by atoms with van der Waals surface area (Å²) in [7, 11) is 0. The molecule has 0 atom stereocenters. The van der Waals surface area contributed by atoms with Gasteiger partial charge >= 0.3 is 0 Å². The minimum atomic E-state index is -0.0587. The van der Waals surface area contributed by atoms with E-state index in [0.717, 1.165) is 11.3 Å². The number of hydrogen-bond donors (Lipinski definition) is 1. The Labute approximate surface area is 93.4 Å². The molecule has 0 saturated carbocycles. The van der Waals surface area contributed by atoms with Crippen LogP contribution >= 0.6 is 0 Å². The molecule has 2 heterocycles. The largest absolute Gasteiger partial charge is 0.310 e. The Hall–Kier alpha value is -1.97. The van der Waals surface area contributed by atoms with Crippen molar-refractivity contribution in [1.29, 1.82) is 0 Å². The van der Waals surface area contributed by atoms with E-state index >= 15 is 0 Å². The third-order valence-corrected chi connectivity index (χ3v) is 2.56. The smallest absolute Gasteiger partial charge is 0.254 e. The molecule has 4 nitrogen and oxygen atoms in total. The van der Waals surface area contributed by atoms with Gasteiger partial charge in [-0.2, -0.15) is 0 Å². The summed E-state index contributed by atoms with van der Waals surface area (Å²) in [6, 6.07) is 3.82. The molecular weight excluding hydrogens is 202 g/mol. The molecule has 0 spiro atoms. The monoisotopic (exact) mass is 215 g/mol. The van der Waals surface area contributed by atoms with Gasteiger partial charge in [0.25, 0.3) is 5.56 Å². The Morgan fingerprint density at radius 3 is 2.56 bits per heavy atom. The highest BCUT2D eigenvalue weighted by atomic mass is 16.1. The van der Waals surface area contributed by atoms with Crippen molar-refractivity contribution in [3.63, 3.8) is 0 Å². The number of H-pyrrole nitrogens is 1. The van der Waals surface area contributed by atoms with E-state index < -0.39 is 0 Å². The molecule has 0 aromatic carbocycles. The average molecular weight is 215 g/mol. The lowest BCUT2D eigenvalue weighted by Crippen LogP contribution is -2.16. The minimum absolute atomic E-state index is 0.0587. The van der Waals surface area contributed by atoms with Gasteiger partial charge in [0.2, 0.25) is 0 Å². The Kier molecular flexibility index (Phi) is 2.81. The van der Waals surface area contributed by atoms with Gasteiger partial charge in [0.1, 0.15) is 5.82 Å². The second-order valence-electron chi connectivity index (χ2n) is 3.76. The molecule has 0 aliphatic heterocycles. The van der Waals surface area contributed by atoms with Crippen LogP contribution in [0.2, 0.25) is 0 Å². The van der Waals surface area contributed by atoms with E-state index in [9.17, 15) is 4.79 Å². The van der Waals surface area contributed by atoms with Crippen molar-refractivity contribution < 1.29 is 0 Å². The molecule has 2 aromatic heterocycles. The number of aryl methyl sites for hydroxylation is 1. The molecule has 0 bridgehead atoms. The number of aromatic amines is 1. The Morgan fingerprint density at radius 2 is 1.94 bits per heavy atom. The van der Waals surface area contributed by atoms with Crippen molar-refractivity contribution in [3.8, 4) is 0 Å². The maximum Gasteiger partial charge on any atom is 0.254 e. The van der Waals surface area contributed by atoms with E-state index in [1.807, 2.05) is 19.1 Å². The van der Waals surface area contributed by atoms with E-state index in [4.69, 9.17) is 0 Å². The van der Waals surface area contributed by atoms with Gasteiger partial charge in [0.05, 0.1) is 0 Å². The van der Waals surface area contributed by atoms with Crippen molar-refractivity contribution in [1.82, 2.24) is 15.0 Å². The number of aromatic nitrogens is 3. The standard InChI is InChI=1S/C12H13N3O/c1-8-9(2)14-11(15-12(8)16)7-10-3-5-13-6-4-10/h3-6H,7H2,1-2H3,(H,14,15,16). The summed E-state index contributed by atoms with van der Waals surface area (Å²) in [6.45, 7) is 3.62. The van der Waals surface area contributed by atoms with Gasteiger partial charge in [0.15, 0.2) is 0 Å². The summed E-state index contributed by atoms with van der Waals surface area (Å²) in [6.07, 6.45) is 4.09. The number of pyridine rings is 1. The van der Waals surface area contributed by atoms with Gasteiger partial charge < -0.3 is 4.98 Å². The first-order chi connectivity index (χ1) is 7.66. The number of rotatable bonds is 2. The SMILES string of the molecule is Cc1nc(Cc2ccncc2)[nH]c(=O)c1C. The quantitative estimate of drug-likeness (QED) is 0.823. The highest BCUT2D eigenvalue weighted by Gasteiger charge is 2.04. The van der Waals surface area contributed by atoms with Gasteiger partial charge in [0, 0.05) is 30.1 Å². The molecule has 2 aromatic rings. The molecule has 16 heavy (non-hydrogen) atoms. The van der Waals surface area contributed by atoms with Crippen LogP contribution in [0.5, 0.6) is 0 Å². The topological polar surface area (TPSA) is 58.6 Å². The normalized spacial score (nSPS) is 10.4. The molecule has 82 valence electrons. The first kappa shape index (κ1) is 10.5. The summed E-state index contributed by atoms with van der Waals surface area (Å²) in [4.78, 5) is 22.6. The second-order valence-corrected chi connectivity index (χ2v) is 3.76. The molecule has 4 heteroatoms. The van der Waals surface area contributed by atoms with Crippen LogP contribution in [0.25, 0.3) is 0 Å². The van der Waals surface area contributed by atoms with Crippen molar-refractivity contribution in [2.24, 2.45) is 0 Å². The van der Waals surface area contributed by atoms with Crippen LogP contribution in [0.4, 0.5) is 0 Å². The lowest BCUT2D eigenvalue weighted by Gasteiger charge is -2.03. The minimum Gasteiger partial charge on any atom is -0.310 e. The zero-order valence-corrected chi connectivity index (χ0v) is 9.32. The summed E-state index contributed by atoms with van der Waals surface area (Å²) in [5.74, 6) is 0.694. The summed E-state index contributed by atoms with van der Waals surface area (Å²) in [5, 5.41) is 0. The van der Waals surface area contributed by atoms with Crippen LogP contribution in [0.3, 0.4) is 0 Å². The fraction of sp³-hybridized carbons (Fsp3) is 0.250. The number of nitrogens with one attached hydrogen (secondary N) is 1. The first-order valence-corrected chi connectivity index (χ1v) is 5.12. The van der Waals surface area contributed by atoms with Crippen molar-refractivity contribution >= 4 is 0 Å². The van der Waals surface area contributed by atoms with E-state index in [1.165, 1.54) is 0 Å². The van der Waals surface area contributed by atoms with E-state index in [0.29, 0.717) is 17.8 Å². The molecule has 0 aliphatic carbocycles. The third kappa shape index (κ3) is 2.16. The van der Waals surface area contributed by atoms with Crippen molar-refractivity contribution in [3.05, 3.63) is 57.5 Å². The second kappa shape index (κ2) is 4.26. The van der Waals surface area contributed by atoms with Crippen LogP contribution < -0.4 is 5.56 Å². The number of nitrogens with zero attached hydrogens (tertiary/aromatic N) is 2. The number of hydrogen-bond acceptors (Lipinski definition) is 3. The van der Waals surface area contributed by atoms with Crippen LogP contribution in [-0.4, -0.2) is 15.0 Å². The fourth-order valence-corrected chi connectivity index (χ4v) is 1.48. The zero-order valence-electron chi connectivity index (χ0n) is 9.32. The molecule has 0 amide bonds. The Balaban J connectivity index is 2.33. The molecule has 0 saturated heterocycles. The van der Waals surface area contributed by atoms with E-state index in [1.54, 1.807) is 19.3 Å². The molecule has 0 radical (unpaired) electrons. The predicted octanol–water partition coefficient (Wildman–Crippen LogP) is 1.37. The van der Waals surface area contributed by atoms with Gasteiger partial charge in [-0.05, 0) is 31.5 Å². The van der Waals surface area contributed by atoms with Gasteiger partial charge in [-0.15, -0.1) is 0 Å². The Bertz CT molecular complexity index is 546. The zero-order chi connectivity index (χ0) is 11.5. The highest BCUT2D eigenvalue weighted by molar-refractivity contribution is 5.19. The maximum atomic E-state index is 11.5. The lowest BCUT2D eigenvalue weighted by molar-refractivity contribution is 0.901. The highest BCUT2D eigenvalue weighted by Crippen LogP contribution is 2.04. The van der Waals surface area contributed by atoms with Crippen molar-refractivity contribution in [2.75, 3.05) is 0 Å². The third-order valence-electron chi connectivity index (χ3n) is 2.56. The molecule has 0 aliphatic rings. The van der Waals surface area contributed by atoms with Crippen LogP contribution in [0.1, 0.15) is 22.6 Å². The van der Waals surface area contributed by atoms with Crippen LogP contribution in [0.15, 0.2) is 29.3 Å². The summed E-state index contributed by atoms with van der Waals surface area (Å²) >= 11 is 0. The molecule has 1 N–H and O–H groups in total. The molecule has 0 unspecified atom stereocenters. The van der Waals surface area contributed by atoms with Gasteiger partial charge in [-0.25, -0.2) is 4.98 Å². The van der Waals surface area contributed by atoms with E-state index in [-0.39, 0.29) is 5.56 Å². The first-order valence-electron chi connectivity index (χ1n) is 5.12. The molecular formula is C12H13N3O. The summed E-state index contributed by atoms with van der Waals surface area (Å²) in [5.41, 5.74) is 2.49. The fourth-order valence-electron chi connectivity index (χ4n) is 1.48. The van der Waals surface area contributed by atoms with Crippen LogP contribution in [0, 0.1) is 13.8 Å². The predicted molar refractivity (Wildman–Crippen MR) is 61.4 cm³/mol. The Morgan fingerprint density at radius 1 is 1.25 bits per heavy atom. The van der Waals surface area contributed by atoms with Gasteiger partial charge in [-0.1, -0.05) is 0 Å². The van der Waals surface area contributed by atoms with E-state index in [2.05, 4.69) is 15.0 Å². The van der Waals surface area contributed by atoms with Crippen LogP contribution in [-0.2, 0) is 6.42 Å². The molecule has 0 fully saturated rings. The lowest BCUT2D eigenvalue weighted by atomic mass is 10.2. The summed E-state index contributed by atoms with van der Waals surface area (Å²) < 4.78 is 0. The van der Waals surface area contributed by atoms with Crippen molar-refractivity contribution in [2.45, 2.75) is 20.3 Å². The maximum absolute atomic E-state index is 11.5. The van der Waals surface area contributed by atoms with Gasteiger partial charge in [-0.3, -0.25) is 9.78 Å². The molecule has 2 rings (SSSR count). The average Bonchev–Trinajstić information content (AvgIpc) is 2.27.